The molecule has 0 radical (unpaired) electrons. The van der Waals surface area contributed by atoms with Crippen molar-refractivity contribution in [1.82, 2.24) is 0 Å². The van der Waals surface area contributed by atoms with Gasteiger partial charge in [-0.3, -0.25) is 4.55 Å². The van der Waals surface area contributed by atoms with Gasteiger partial charge in [-0.1, -0.05) is 19.3 Å². The SMILES string of the molecule is O=S(=O)(O)C1(CCl)CCCCC1. The molecule has 1 saturated carbocycles. The Hall–Kier alpha value is 0.200. The van der Waals surface area contributed by atoms with Gasteiger partial charge in [0.2, 0.25) is 0 Å². The van der Waals surface area contributed by atoms with E-state index in [4.69, 9.17) is 16.2 Å². The highest BCUT2D eigenvalue weighted by Crippen LogP contribution is 2.35. The Bertz CT molecular complexity index is 241. The molecule has 1 aliphatic carbocycles. The topological polar surface area (TPSA) is 54.4 Å². The molecular formula is C7H13ClO3S. The average molecular weight is 213 g/mol. The molecule has 0 aliphatic heterocycles. The van der Waals surface area contributed by atoms with Crippen LogP contribution >= 0.6 is 11.6 Å². The molecule has 0 aromatic carbocycles. The monoisotopic (exact) mass is 212 g/mol. The van der Waals surface area contributed by atoms with Crippen molar-refractivity contribution in [2.24, 2.45) is 0 Å². The summed E-state index contributed by atoms with van der Waals surface area (Å²) in [6.07, 6.45) is 3.71. The maximum atomic E-state index is 11.0. The molecule has 1 aliphatic rings. The Morgan fingerprint density at radius 3 is 2.00 bits per heavy atom. The molecule has 0 bridgehead atoms. The van der Waals surface area contributed by atoms with Crippen molar-refractivity contribution in [3.63, 3.8) is 0 Å². The standard InChI is InChI=1S/C7H13ClO3S/c8-6-7(12(9,10)11)4-2-1-3-5-7/h1-6H2,(H,9,10,11). The number of hydrogen-bond donors (Lipinski definition) is 1. The lowest BCUT2D eigenvalue weighted by Gasteiger charge is -2.31. The Kier molecular flexibility index (Phi) is 3.01. The lowest BCUT2D eigenvalue weighted by molar-refractivity contribution is 0.360. The molecule has 72 valence electrons. The Labute approximate surface area is 77.9 Å². The first-order chi connectivity index (χ1) is 5.52. The minimum Gasteiger partial charge on any atom is -0.285 e. The fourth-order valence-electron chi connectivity index (χ4n) is 1.66. The molecule has 0 spiro atoms. The highest BCUT2D eigenvalue weighted by Gasteiger charge is 2.42. The second-order valence-electron chi connectivity index (χ2n) is 3.35. The molecule has 1 N–H and O–H groups in total. The van der Waals surface area contributed by atoms with Crippen LogP contribution in [0.1, 0.15) is 32.1 Å². The quantitative estimate of drug-likeness (QED) is 0.561. The van der Waals surface area contributed by atoms with Crippen LogP contribution in [0.3, 0.4) is 0 Å². The molecule has 0 unspecified atom stereocenters. The first-order valence-corrected chi connectivity index (χ1v) is 6.02. The van der Waals surface area contributed by atoms with E-state index in [0.717, 1.165) is 19.3 Å². The van der Waals surface area contributed by atoms with Crippen LogP contribution in [0.25, 0.3) is 0 Å². The Morgan fingerprint density at radius 2 is 1.75 bits per heavy atom. The van der Waals surface area contributed by atoms with E-state index in [1.54, 1.807) is 0 Å². The zero-order chi connectivity index (χ0) is 9.24. The molecular weight excluding hydrogens is 200 g/mol. The zero-order valence-corrected chi connectivity index (χ0v) is 8.36. The first-order valence-electron chi connectivity index (χ1n) is 4.05. The third-order valence-corrected chi connectivity index (χ3v) is 4.87. The van der Waals surface area contributed by atoms with E-state index in [-0.39, 0.29) is 5.88 Å². The zero-order valence-electron chi connectivity index (χ0n) is 6.79. The molecule has 0 saturated heterocycles. The summed E-state index contributed by atoms with van der Waals surface area (Å²) in [4.78, 5) is 0. The van der Waals surface area contributed by atoms with Gasteiger partial charge in [0.25, 0.3) is 10.1 Å². The van der Waals surface area contributed by atoms with Gasteiger partial charge >= 0.3 is 0 Å². The summed E-state index contributed by atoms with van der Waals surface area (Å²) in [7, 11) is -3.97. The van der Waals surface area contributed by atoms with Crippen LogP contribution in [0, 0.1) is 0 Å². The largest absolute Gasteiger partial charge is 0.285 e. The van der Waals surface area contributed by atoms with Crippen LogP contribution in [0.15, 0.2) is 0 Å². The smallest absolute Gasteiger partial charge is 0.271 e. The summed E-state index contributed by atoms with van der Waals surface area (Å²) >= 11 is 5.58. The maximum Gasteiger partial charge on any atom is 0.271 e. The van der Waals surface area contributed by atoms with E-state index in [1.807, 2.05) is 0 Å². The van der Waals surface area contributed by atoms with E-state index < -0.39 is 14.9 Å². The van der Waals surface area contributed by atoms with Crippen molar-refractivity contribution in [3.8, 4) is 0 Å². The Balaban J connectivity index is 2.88. The Morgan fingerprint density at radius 1 is 1.25 bits per heavy atom. The predicted octanol–water partition coefficient (Wildman–Crippen LogP) is 1.82. The van der Waals surface area contributed by atoms with Crippen molar-refractivity contribution in [2.75, 3.05) is 5.88 Å². The van der Waals surface area contributed by atoms with Crippen LogP contribution in [0.2, 0.25) is 0 Å². The maximum absolute atomic E-state index is 11.0. The molecule has 0 atom stereocenters. The van der Waals surface area contributed by atoms with Gasteiger partial charge < -0.3 is 0 Å². The van der Waals surface area contributed by atoms with E-state index in [1.165, 1.54) is 0 Å². The molecule has 3 nitrogen and oxygen atoms in total. The summed E-state index contributed by atoms with van der Waals surface area (Å²) in [6, 6.07) is 0. The van der Waals surface area contributed by atoms with Crippen molar-refractivity contribution < 1.29 is 13.0 Å². The highest BCUT2D eigenvalue weighted by atomic mass is 35.5. The highest BCUT2D eigenvalue weighted by molar-refractivity contribution is 7.87. The third-order valence-electron chi connectivity index (χ3n) is 2.56. The third kappa shape index (κ3) is 1.75. The summed E-state index contributed by atoms with van der Waals surface area (Å²) in [5.74, 6) is 0.00579. The summed E-state index contributed by atoms with van der Waals surface area (Å²) < 4.78 is 30.0. The first kappa shape index (κ1) is 10.3. The normalized spacial score (nSPS) is 23.8. The lowest BCUT2D eigenvalue weighted by Crippen LogP contribution is -2.42. The van der Waals surface area contributed by atoms with Gasteiger partial charge in [0.1, 0.15) is 4.75 Å². The summed E-state index contributed by atoms with van der Waals surface area (Å²) in [5.41, 5.74) is 0. The van der Waals surface area contributed by atoms with Crippen LogP contribution in [-0.4, -0.2) is 23.6 Å². The molecule has 0 aromatic heterocycles. The van der Waals surface area contributed by atoms with Crippen LogP contribution in [-0.2, 0) is 10.1 Å². The molecule has 0 heterocycles. The van der Waals surface area contributed by atoms with Gasteiger partial charge in [0.15, 0.2) is 0 Å². The number of alkyl halides is 1. The minimum atomic E-state index is -3.97. The lowest BCUT2D eigenvalue weighted by atomic mass is 9.90. The van der Waals surface area contributed by atoms with Gasteiger partial charge in [0.05, 0.1) is 0 Å². The summed E-state index contributed by atoms with van der Waals surface area (Å²) in [6.45, 7) is 0. The van der Waals surface area contributed by atoms with E-state index in [0.29, 0.717) is 12.8 Å². The second kappa shape index (κ2) is 3.52. The number of halogens is 1. The van der Waals surface area contributed by atoms with Gasteiger partial charge in [-0.15, -0.1) is 11.6 Å². The predicted molar refractivity (Wildman–Crippen MR) is 48.1 cm³/mol. The van der Waals surface area contributed by atoms with E-state index in [2.05, 4.69) is 0 Å². The van der Waals surface area contributed by atoms with Crippen molar-refractivity contribution >= 4 is 21.7 Å². The average Bonchev–Trinajstić information content (AvgIpc) is 2.04. The fourth-order valence-corrected chi connectivity index (χ4v) is 3.28. The van der Waals surface area contributed by atoms with Crippen LogP contribution in [0.5, 0.6) is 0 Å². The van der Waals surface area contributed by atoms with Gasteiger partial charge in [-0.2, -0.15) is 8.42 Å². The molecule has 1 rings (SSSR count). The number of hydrogen-bond acceptors (Lipinski definition) is 2. The molecule has 1 fully saturated rings. The summed E-state index contributed by atoms with van der Waals surface area (Å²) in [5, 5.41) is 0. The second-order valence-corrected chi connectivity index (χ2v) is 5.44. The molecule has 5 heteroatoms. The van der Waals surface area contributed by atoms with E-state index in [9.17, 15) is 8.42 Å². The fraction of sp³-hybridized carbons (Fsp3) is 1.00. The molecule has 0 aromatic rings. The van der Waals surface area contributed by atoms with Crippen molar-refractivity contribution in [1.29, 1.82) is 0 Å². The van der Waals surface area contributed by atoms with Gasteiger partial charge in [-0.05, 0) is 12.8 Å². The minimum absolute atomic E-state index is 0.00579. The van der Waals surface area contributed by atoms with Crippen LogP contribution < -0.4 is 0 Å². The molecule has 0 amide bonds. The van der Waals surface area contributed by atoms with Crippen molar-refractivity contribution in [2.45, 2.75) is 36.9 Å². The van der Waals surface area contributed by atoms with E-state index >= 15 is 0 Å². The van der Waals surface area contributed by atoms with Gasteiger partial charge in [0, 0.05) is 5.88 Å². The number of rotatable bonds is 2. The molecule has 12 heavy (non-hydrogen) atoms. The van der Waals surface area contributed by atoms with Gasteiger partial charge in [-0.25, -0.2) is 0 Å². The van der Waals surface area contributed by atoms with Crippen molar-refractivity contribution in [3.05, 3.63) is 0 Å². The van der Waals surface area contributed by atoms with Crippen LogP contribution in [0.4, 0.5) is 0 Å².